The van der Waals surface area contributed by atoms with Crippen molar-refractivity contribution in [3.8, 4) is 0 Å². The average Bonchev–Trinajstić information content (AvgIpc) is 3.13. The Balaban J connectivity index is 0.00000341. The van der Waals surface area contributed by atoms with E-state index in [9.17, 15) is 24.3 Å². The summed E-state index contributed by atoms with van der Waals surface area (Å²) in [7, 11) is 1.25. The number of hydrogen-bond acceptors (Lipinski definition) is 12. The van der Waals surface area contributed by atoms with Gasteiger partial charge in [0.05, 0.1) is 17.7 Å². The van der Waals surface area contributed by atoms with E-state index in [1.54, 1.807) is 0 Å². The molecule has 2 aliphatic heterocycles. The molecule has 12 nitrogen and oxygen atoms in total. The van der Waals surface area contributed by atoms with Gasteiger partial charge in [-0.25, -0.2) is 4.98 Å². The van der Waals surface area contributed by atoms with E-state index in [2.05, 4.69) is 20.3 Å². The fourth-order valence-corrected chi connectivity index (χ4v) is 4.65. The predicted octanol–water partition coefficient (Wildman–Crippen LogP) is -4.95. The minimum atomic E-state index is -1.58. The number of carbonyl (C=O) groups excluding carboxylic acids is 4. The molecule has 1 aromatic rings. The van der Waals surface area contributed by atoms with Crippen molar-refractivity contribution in [2.24, 2.45) is 5.16 Å². The van der Waals surface area contributed by atoms with E-state index < -0.39 is 35.8 Å². The van der Waals surface area contributed by atoms with Crippen molar-refractivity contribution in [3.05, 3.63) is 21.7 Å². The van der Waals surface area contributed by atoms with Crippen molar-refractivity contribution in [2.45, 2.75) is 19.0 Å². The van der Waals surface area contributed by atoms with Gasteiger partial charge in [-0.15, -0.1) is 23.1 Å². The molecular formula is C16H16N5NaO7S2. The third-order valence-corrected chi connectivity index (χ3v) is 6.04. The van der Waals surface area contributed by atoms with Crippen LogP contribution in [0.25, 0.3) is 0 Å². The number of nitrogens with two attached hydrogens (primary N) is 1. The van der Waals surface area contributed by atoms with Crippen LogP contribution >= 0.6 is 23.1 Å². The van der Waals surface area contributed by atoms with Crippen LogP contribution in [0.15, 0.2) is 21.1 Å². The number of thioether (sulfide) groups is 1. The maximum absolute atomic E-state index is 12.6. The number of nitrogens with zero attached hydrogens (tertiary/aromatic N) is 3. The van der Waals surface area contributed by atoms with Crippen LogP contribution in [0.5, 0.6) is 0 Å². The molecule has 0 unspecified atom stereocenters. The monoisotopic (exact) mass is 477 g/mol. The molecule has 0 radical (unpaired) electrons. The number of β-lactam (4-membered cyclic amide) rings is 1. The van der Waals surface area contributed by atoms with Gasteiger partial charge in [0.2, 0.25) is 0 Å². The normalized spacial score (nSPS) is 20.3. The summed E-state index contributed by atoms with van der Waals surface area (Å²) in [6.07, 6.45) is 0. The third kappa shape index (κ3) is 5.20. The zero-order valence-corrected chi connectivity index (χ0v) is 20.4. The van der Waals surface area contributed by atoms with Gasteiger partial charge in [0, 0.05) is 23.0 Å². The molecular weight excluding hydrogens is 461 g/mol. The molecule has 0 aromatic carbocycles. The molecule has 15 heteroatoms. The minimum absolute atomic E-state index is 0. The second-order valence-electron chi connectivity index (χ2n) is 6.07. The molecule has 160 valence electrons. The first-order valence-electron chi connectivity index (χ1n) is 8.41. The van der Waals surface area contributed by atoms with Crippen molar-refractivity contribution in [3.63, 3.8) is 0 Å². The SMILES string of the molecule is CO/N=C(\C(=O)N[C@@H]1C(=O)N2C(C(=O)[O-])=C(COC(C)=O)SC[C@H]12)c1csc(N)n1.[Na+]. The number of rotatable bonds is 7. The molecule has 2 amide bonds. The minimum Gasteiger partial charge on any atom is -0.543 e. The van der Waals surface area contributed by atoms with Gasteiger partial charge in [-0.2, -0.15) is 0 Å². The van der Waals surface area contributed by atoms with Crippen molar-refractivity contribution in [1.82, 2.24) is 15.2 Å². The summed E-state index contributed by atoms with van der Waals surface area (Å²) in [5.41, 5.74) is 5.21. The van der Waals surface area contributed by atoms with Crippen LogP contribution in [0.4, 0.5) is 5.13 Å². The van der Waals surface area contributed by atoms with E-state index in [-0.39, 0.29) is 69.1 Å². The zero-order valence-electron chi connectivity index (χ0n) is 16.7. The first-order valence-corrected chi connectivity index (χ1v) is 10.3. The number of amides is 2. The summed E-state index contributed by atoms with van der Waals surface area (Å²) >= 11 is 2.21. The van der Waals surface area contributed by atoms with Crippen molar-refractivity contribution < 1.29 is 63.4 Å². The molecule has 3 N–H and O–H groups in total. The number of oxime groups is 1. The van der Waals surface area contributed by atoms with Gasteiger partial charge in [-0.1, -0.05) is 5.16 Å². The third-order valence-electron chi connectivity index (χ3n) is 4.20. The Morgan fingerprint density at radius 3 is 2.71 bits per heavy atom. The number of hydrogen-bond donors (Lipinski definition) is 2. The quantitative estimate of drug-likeness (QED) is 0.127. The molecule has 0 bridgehead atoms. The van der Waals surface area contributed by atoms with E-state index in [0.717, 1.165) is 28.0 Å². The molecule has 1 saturated heterocycles. The van der Waals surface area contributed by atoms with Crippen LogP contribution in [0.2, 0.25) is 0 Å². The predicted molar refractivity (Wildman–Crippen MR) is 104 cm³/mol. The van der Waals surface area contributed by atoms with Crippen LogP contribution in [0.3, 0.4) is 0 Å². The Morgan fingerprint density at radius 2 is 2.16 bits per heavy atom. The topological polar surface area (TPSA) is 176 Å². The van der Waals surface area contributed by atoms with E-state index in [4.69, 9.17) is 10.5 Å². The van der Waals surface area contributed by atoms with Gasteiger partial charge < -0.3 is 35.4 Å². The number of fused-ring (bicyclic) bond motifs is 1. The number of aromatic nitrogens is 1. The number of nitrogen functional groups attached to an aromatic ring is 1. The maximum atomic E-state index is 12.6. The number of carbonyl (C=O) groups is 4. The first-order chi connectivity index (χ1) is 14.2. The van der Waals surface area contributed by atoms with Crippen LogP contribution in [0.1, 0.15) is 12.6 Å². The number of anilines is 1. The fraction of sp³-hybridized carbons (Fsp3) is 0.375. The summed E-state index contributed by atoms with van der Waals surface area (Å²) in [5, 5.41) is 19.5. The Kier molecular flexibility index (Phi) is 8.48. The van der Waals surface area contributed by atoms with Crippen LogP contribution < -0.4 is 45.7 Å². The molecule has 2 aliphatic rings. The van der Waals surface area contributed by atoms with Crippen LogP contribution in [-0.4, -0.2) is 70.9 Å². The van der Waals surface area contributed by atoms with Gasteiger partial charge in [-0.05, 0) is 0 Å². The largest absolute Gasteiger partial charge is 1.00 e. The van der Waals surface area contributed by atoms with Crippen molar-refractivity contribution in [1.29, 1.82) is 0 Å². The van der Waals surface area contributed by atoms with Crippen LogP contribution in [0, 0.1) is 0 Å². The summed E-state index contributed by atoms with van der Waals surface area (Å²) in [5.74, 6) is -3.25. The molecule has 0 aliphatic carbocycles. The Hall–Kier alpha value is -2.13. The molecule has 3 rings (SSSR count). The molecule has 31 heavy (non-hydrogen) atoms. The Morgan fingerprint density at radius 1 is 1.45 bits per heavy atom. The number of carboxylic acid groups (broad SMARTS) is 1. The van der Waals surface area contributed by atoms with Crippen molar-refractivity contribution >= 4 is 57.7 Å². The summed E-state index contributed by atoms with van der Waals surface area (Å²) in [4.78, 5) is 57.8. The van der Waals surface area contributed by atoms with Crippen LogP contribution in [-0.2, 0) is 28.8 Å². The zero-order chi connectivity index (χ0) is 22.0. The molecule has 1 fully saturated rings. The first kappa shape index (κ1) is 25.1. The Bertz CT molecular complexity index is 979. The van der Waals surface area contributed by atoms with Gasteiger partial charge in [0.15, 0.2) is 10.8 Å². The second-order valence-corrected chi connectivity index (χ2v) is 8.08. The number of ether oxygens (including phenoxy) is 1. The number of nitrogens with one attached hydrogen (secondary N) is 1. The average molecular weight is 477 g/mol. The van der Waals surface area contributed by atoms with E-state index in [1.165, 1.54) is 19.4 Å². The number of thiazole rings is 1. The molecule has 0 spiro atoms. The molecule has 1 aromatic heterocycles. The van der Waals surface area contributed by atoms with Crippen molar-refractivity contribution in [2.75, 3.05) is 25.2 Å². The van der Waals surface area contributed by atoms with Gasteiger partial charge in [0.1, 0.15) is 25.5 Å². The molecule has 2 atom stereocenters. The summed E-state index contributed by atoms with van der Waals surface area (Å²) < 4.78 is 4.84. The van der Waals surface area contributed by atoms with E-state index in [1.807, 2.05) is 0 Å². The van der Waals surface area contributed by atoms with Gasteiger partial charge in [0.25, 0.3) is 11.8 Å². The number of aliphatic carboxylic acids is 1. The van der Waals surface area contributed by atoms with Gasteiger partial charge >= 0.3 is 35.5 Å². The summed E-state index contributed by atoms with van der Waals surface area (Å²) in [6, 6.07) is -1.60. The summed E-state index contributed by atoms with van der Waals surface area (Å²) in [6.45, 7) is 0.901. The maximum Gasteiger partial charge on any atom is 1.00 e. The van der Waals surface area contributed by atoms with Gasteiger partial charge in [-0.3, -0.25) is 14.4 Å². The fourth-order valence-electron chi connectivity index (χ4n) is 2.93. The van der Waals surface area contributed by atoms with E-state index >= 15 is 0 Å². The smallest absolute Gasteiger partial charge is 0.543 e. The standard InChI is InChI=1S/C16H17N5O7S2.Na/c1-6(22)28-3-9-12(15(25)26)21-8(5-29-9)11(14(21)24)19-13(23)10(20-27-2)7-4-30-16(17)18-7;/h4,8,11H,3,5H2,1-2H3,(H2,17,18)(H,19,23)(H,25,26);/q;+1/p-1/b20-10-;/t8-,11+;/m1./s1. The molecule has 3 heterocycles. The second kappa shape index (κ2) is 10.5. The Labute approximate surface area is 206 Å². The van der Waals surface area contributed by atoms with E-state index in [0.29, 0.717) is 0 Å². The number of carboxylic acids is 1. The molecule has 0 saturated carbocycles. The number of esters is 1.